The number of methoxy groups -OCH3 is 2. The molecule has 9 nitrogen and oxygen atoms in total. The van der Waals surface area contributed by atoms with E-state index >= 15 is 0 Å². The molecule has 1 fully saturated rings. The van der Waals surface area contributed by atoms with Crippen LogP contribution in [-0.2, 0) is 0 Å². The molecule has 1 saturated heterocycles. The number of halogens is 1. The number of benzene rings is 2. The first-order chi connectivity index (χ1) is 14.8. The van der Waals surface area contributed by atoms with Crippen LogP contribution in [0.25, 0.3) is 0 Å². The average Bonchev–Trinajstić information content (AvgIpc) is 2.78. The lowest BCUT2D eigenvalue weighted by atomic mass is 10.2. The molecule has 1 heterocycles. The summed E-state index contributed by atoms with van der Waals surface area (Å²) in [5.74, 6) is 0.743. The maximum absolute atomic E-state index is 12.5. The van der Waals surface area contributed by atoms with Gasteiger partial charge in [-0.05, 0) is 58.5 Å². The molecule has 0 radical (unpaired) electrons. The van der Waals surface area contributed by atoms with E-state index in [-0.39, 0.29) is 11.6 Å². The standard InChI is InChI=1S/C20H21BrN4O5S/c1-29-14-4-5-16(17(12-14)25(27)28)23-7-9-24(10-8-23)20(31)22-19(26)13-3-6-18(30-2)15(21)11-13/h3-6,11-12H,7-10H2,1-2H3,(H,22,26,31). The smallest absolute Gasteiger partial charge is 0.296 e. The van der Waals surface area contributed by atoms with Crippen LogP contribution in [0, 0.1) is 10.1 Å². The van der Waals surface area contributed by atoms with E-state index in [9.17, 15) is 14.9 Å². The summed E-state index contributed by atoms with van der Waals surface area (Å²) in [7, 11) is 3.02. The SMILES string of the molecule is COc1ccc(N2CCN(C(=S)NC(=O)c3ccc(OC)c(Br)c3)CC2)c([N+](=O)[O-])c1. The summed E-state index contributed by atoms with van der Waals surface area (Å²) in [5.41, 5.74) is 0.972. The Balaban J connectivity index is 1.62. The largest absolute Gasteiger partial charge is 0.496 e. The van der Waals surface area contributed by atoms with E-state index in [2.05, 4.69) is 21.2 Å². The van der Waals surface area contributed by atoms with Gasteiger partial charge in [0.05, 0.1) is 29.7 Å². The van der Waals surface area contributed by atoms with Crippen LogP contribution in [-0.4, -0.2) is 61.2 Å². The first-order valence-corrected chi connectivity index (χ1v) is 10.6. The molecular weight excluding hydrogens is 488 g/mol. The van der Waals surface area contributed by atoms with Gasteiger partial charge in [-0.2, -0.15) is 0 Å². The summed E-state index contributed by atoms with van der Waals surface area (Å²) in [6.07, 6.45) is 0. The van der Waals surface area contributed by atoms with Crippen LogP contribution in [0.15, 0.2) is 40.9 Å². The Kier molecular flexibility index (Phi) is 7.29. The van der Waals surface area contributed by atoms with Gasteiger partial charge < -0.3 is 19.3 Å². The zero-order valence-corrected chi connectivity index (χ0v) is 19.4. The van der Waals surface area contributed by atoms with E-state index in [1.165, 1.54) is 13.2 Å². The number of thiocarbonyl (C=S) groups is 1. The number of hydrogen-bond donors (Lipinski definition) is 1. The second kappa shape index (κ2) is 9.92. The van der Waals surface area contributed by atoms with Gasteiger partial charge in [-0.15, -0.1) is 0 Å². The third-order valence-corrected chi connectivity index (χ3v) is 5.90. The molecule has 0 aromatic heterocycles. The second-order valence-electron chi connectivity index (χ2n) is 6.69. The molecule has 0 aliphatic carbocycles. The van der Waals surface area contributed by atoms with Crippen molar-refractivity contribution in [3.05, 3.63) is 56.5 Å². The molecule has 2 aromatic carbocycles. The molecule has 3 rings (SSSR count). The molecule has 0 spiro atoms. The van der Waals surface area contributed by atoms with Crippen LogP contribution in [0.1, 0.15) is 10.4 Å². The zero-order valence-electron chi connectivity index (χ0n) is 17.0. The number of hydrogen-bond acceptors (Lipinski definition) is 7. The highest BCUT2D eigenvalue weighted by molar-refractivity contribution is 9.10. The summed E-state index contributed by atoms with van der Waals surface area (Å²) in [6, 6.07) is 9.82. The molecule has 0 bridgehead atoms. The molecule has 2 aromatic rings. The molecule has 164 valence electrons. The molecule has 11 heteroatoms. The van der Waals surface area contributed by atoms with Crippen molar-refractivity contribution >= 4 is 50.5 Å². The number of nitro benzene ring substituents is 1. The summed E-state index contributed by atoms with van der Waals surface area (Å²) in [5, 5.41) is 14.5. The average molecular weight is 509 g/mol. The van der Waals surface area contributed by atoms with Gasteiger partial charge in [-0.25, -0.2) is 0 Å². The molecule has 1 N–H and O–H groups in total. The predicted octanol–water partition coefficient (Wildman–Crippen LogP) is 3.21. The van der Waals surface area contributed by atoms with Crippen LogP contribution in [0.3, 0.4) is 0 Å². The molecule has 0 saturated carbocycles. The topological polar surface area (TPSA) is 97.2 Å². The van der Waals surface area contributed by atoms with Crippen molar-refractivity contribution in [2.24, 2.45) is 0 Å². The van der Waals surface area contributed by atoms with Gasteiger partial charge >= 0.3 is 0 Å². The van der Waals surface area contributed by atoms with Crippen molar-refractivity contribution in [2.75, 3.05) is 45.3 Å². The lowest BCUT2D eigenvalue weighted by Gasteiger charge is -2.37. The Morgan fingerprint density at radius 3 is 2.42 bits per heavy atom. The second-order valence-corrected chi connectivity index (χ2v) is 7.94. The van der Waals surface area contributed by atoms with Crippen molar-refractivity contribution in [1.29, 1.82) is 0 Å². The first-order valence-electron chi connectivity index (χ1n) is 9.35. The third-order valence-electron chi connectivity index (χ3n) is 4.92. The fraction of sp³-hybridized carbons (Fsp3) is 0.300. The third kappa shape index (κ3) is 5.23. The highest BCUT2D eigenvalue weighted by Crippen LogP contribution is 2.32. The Hall–Kier alpha value is -2.92. The highest BCUT2D eigenvalue weighted by atomic mass is 79.9. The molecule has 1 aliphatic rings. The number of ether oxygens (including phenoxy) is 2. The van der Waals surface area contributed by atoms with Crippen molar-refractivity contribution < 1.29 is 19.2 Å². The molecule has 0 unspecified atom stereocenters. The molecule has 31 heavy (non-hydrogen) atoms. The normalized spacial score (nSPS) is 13.5. The van der Waals surface area contributed by atoms with E-state index < -0.39 is 4.92 Å². The van der Waals surface area contributed by atoms with E-state index in [1.54, 1.807) is 37.4 Å². The Bertz CT molecular complexity index is 1010. The van der Waals surface area contributed by atoms with E-state index in [1.807, 2.05) is 9.80 Å². The van der Waals surface area contributed by atoms with E-state index in [0.717, 1.165) is 0 Å². The van der Waals surface area contributed by atoms with Gasteiger partial charge in [-0.3, -0.25) is 20.2 Å². The number of carbonyl (C=O) groups is 1. The summed E-state index contributed by atoms with van der Waals surface area (Å²) in [6.45, 7) is 2.09. The summed E-state index contributed by atoms with van der Waals surface area (Å²) in [4.78, 5) is 27.4. The predicted molar refractivity (Wildman–Crippen MR) is 124 cm³/mol. The molecule has 1 amide bonds. The maximum atomic E-state index is 12.5. The fourth-order valence-corrected chi connectivity index (χ4v) is 4.07. The number of piperazine rings is 1. The quantitative estimate of drug-likeness (QED) is 0.373. The maximum Gasteiger partial charge on any atom is 0.296 e. The number of nitro groups is 1. The van der Waals surface area contributed by atoms with Crippen LogP contribution in [0.2, 0.25) is 0 Å². The molecule has 1 aliphatic heterocycles. The van der Waals surface area contributed by atoms with Crippen LogP contribution in [0.4, 0.5) is 11.4 Å². The summed E-state index contributed by atoms with van der Waals surface area (Å²) < 4.78 is 10.9. The van der Waals surface area contributed by atoms with Crippen LogP contribution >= 0.6 is 28.1 Å². The Morgan fingerprint density at radius 2 is 1.84 bits per heavy atom. The number of nitrogens with one attached hydrogen (secondary N) is 1. The number of carbonyl (C=O) groups excluding carboxylic acids is 1. The Labute approximate surface area is 193 Å². The van der Waals surface area contributed by atoms with Crippen LogP contribution in [0.5, 0.6) is 11.5 Å². The number of amides is 1. The zero-order chi connectivity index (χ0) is 22.5. The van der Waals surface area contributed by atoms with Gasteiger partial charge in [0, 0.05) is 31.7 Å². The van der Waals surface area contributed by atoms with Crippen molar-refractivity contribution in [3.8, 4) is 11.5 Å². The lowest BCUT2D eigenvalue weighted by molar-refractivity contribution is -0.384. The first kappa shape index (κ1) is 22.8. The summed E-state index contributed by atoms with van der Waals surface area (Å²) >= 11 is 8.76. The lowest BCUT2D eigenvalue weighted by Crippen LogP contribution is -2.52. The minimum atomic E-state index is -0.415. The monoisotopic (exact) mass is 508 g/mol. The fourth-order valence-electron chi connectivity index (χ4n) is 3.25. The van der Waals surface area contributed by atoms with Gasteiger partial charge in [-0.1, -0.05) is 0 Å². The minimum Gasteiger partial charge on any atom is -0.496 e. The number of anilines is 1. The van der Waals surface area contributed by atoms with Crippen molar-refractivity contribution in [3.63, 3.8) is 0 Å². The van der Waals surface area contributed by atoms with Gasteiger partial charge in [0.25, 0.3) is 11.6 Å². The van der Waals surface area contributed by atoms with Gasteiger partial charge in [0.1, 0.15) is 17.2 Å². The molecule has 0 atom stereocenters. The van der Waals surface area contributed by atoms with Crippen molar-refractivity contribution in [1.82, 2.24) is 10.2 Å². The number of nitrogens with zero attached hydrogens (tertiary/aromatic N) is 3. The van der Waals surface area contributed by atoms with Gasteiger partial charge in [0.2, 0.25) is 0 Å². The van der Waals surface area contributed by atoms with Crippen LogP contribution < -0.4 is 19.7 Å². The van der Waals surface area contributed by atoms with Crippen molar-refractivity contribution in [2.45, 2.75) is 0 Å². The van der Waals surface area contributed by atoms with Gasteiger partial charge in [0.15, 0.2) is 5.11 Å². The highest BCUT2D eigenvalue weighted by Gasteiger charge is 2.26. The molecular formula is C20H21BrN4O5S. The minimum absolute atomic E-state index is 0.00578. The Morgan fingerprint density at radius 1 is 1.13 bits per heavy atom. The number of rotatable bonds is 5. The van der Waals surface area contributed by atoms with E-state index in [0.29, 0.717) is 58.5 Å². The van der Waals surface area contributed by atoms with E-state index in [4.69, 9.17) is 21.7 Å².